The molecule has 16 heavy (non-hydrogen) atoms. The smallest absolute Gasteiger partial charge is 0.123 e. The quantitative estimate of drug-likeness (QED) is 0.582. The molecule has 0 atom stereocenters. The molecule has 0 fully saturated rings. The molecule has 1 aromatic rings. The minimum atomic E-state index is 0.657. The molecule has 0 aromatic heterocycles. The van der Waals surface area contributed by atoms with Crippen molar-refractivity contribution in [1.82, 2.24) is 5.32 Å². The van der Waals surface area contributed by atoms with Crippen molar-refractivity contribution in [3.8, 4) is 5.75 Å². The predicted octanol–water partition coefficient (Wildman–Crippen LogP) is 3.40. The van der Waals surface area contributed by atoms with Crippen LogP contribution in [0.5, 0.6) is 5.75 Å². The van der Waals surface area contributed by atoms with Crippen LogP contribution in [-0.2, 0) is 6.54 Å². The standard InChI is InChI=1S/C13H18ClNO/c1-3-5-8-16-13-7-6-12(14)9-11(13)10-15-4-2/h3,6-7,9,15H,1,4-5,8,10H2,2H3. The zero-order chi connectivity index (χ0) is 11.8. The molecule has 88 valence electrons. The average Bonchev–Trinajstić information content (AvgIpc) is 2.29. The van der Waals surface area contributed by atoms with E-state index in [0.29, 0.717) is 6.61 Å². The highest BCUT2D eigenvalue weighted by Crippen LogP contribution is 2.23. The first-order chi connectivity index (χ1) is 7.77. The first-order valence-electron chi connectivity index (χ1n) is 5.50. The Morgan fingerprint density at radius 2 is 2.31 bits per heavy atom. The Labute approximate surface area is 102 Å². The third kappa shape index (κ3) is 4.25. The zero-order valence-corrected chi connectivity index (χ0v) is 10.4. The number of ether oxygens (including phenoxy) is 1. The highest BCUT2D eigenvalue weighted by molar-refractivity contribution is 6.30. The molecule has 0 radical (unpaired) electrons. The Kier molecular flexibility index (Phi) is 5.98. The van der Waals surface area contributed by atoms with Gasteiger partial charge in [0.25, 0.3) is 0 Å². The Bertz CT molecular complexity index is 339. The van der Waals surface area contributed by atoms with Crippen LogP contribution in [0.2, 0.25) is 5.02 Å². The van der Waals surface area contributed by atoms with Crippen molar-refractivity contribution >= 4 is 11.6 Å². The molecule has 0 spiro atoms. The van der Waals surface area contributed by atoms with Gasteiger partial charge in [0.2, 0.25) is 0 Å². The number of benzene rings is 1. The fraction of sp³-hybridized carbons (Fsp3) is 0.385. The van der Waals surface area contributed by atoms with E-state index in [1.807, 2.05) is 24.3 Å². The summed E-state index contributed by atoms with van der Waals surface area (Å²) in [6.45, 7) is 8.10. The van der Waals surface area contributed by atoms with Gasteiger partial charge in [0.15, 0.2) is 0 Å². The van der Waals surface area contributed by atoms with Crippen LogP contribution in [0.3, 0.4) is 0 Å². The maximum Gasteiger partial charge on any atom is 0.123 e. The summed E-state index contributed by atoms with van der Waals surface area (Å²) in [5, 5.41) is 4.00. The Balaban J connectivity index is 2.68. The molecule has 0 aliphatic heterocycles. The summed E-state index contributed by atoms with van der Waals surface area (Å²) in [5.41, 5.74) is 1.10. The van der Waals surface area contributed by atoms with Gasteiger partial charge in [0.05, 0.1) is 6.61 Å². The van der Waals surface area contributed by atoms with Gasteiger partial charge in [-0.25, -0.2) is 0 Å². The maximum atomic E-state index is 5.96. The van der Waals surface area contributed by atoms with E-state index in [1.165, 1.54) is 0 Å². The summed E-state index contributed by atoms with van der Waals surface area (Å²) in [6.07, 6.45) is 2.70. The van der Waals surface area contributed by atoms with E-state index >= 15 is 0 Å². The van der Waals surface area contributed by atoms with Crippen LogP contribution in [0.4, 0.5) is 0 Å². The molecule has 0 aliphatic carbocycles. The summed E-state index contributed by atoms with van der Waals surface area (Å²) in [4.78, 5) is 0. The lowest BCUT2D eigenvalue weighted by Gasteiger charge is -2.11. The molecule has 0 saturated carbocycles. The van der Waals surface area contributed by atoms with Crippen LogP contribution in [0.15, 0.2) is 30.9 Å². The van der Waals surface area contributed by atoms with Gasteiger partial charge in [-0.2, -0.15) is 0 Å². The van der Waals surface area contributed by atoms with Crippen LogP contribution >= 0.6 is 11.6 Å². The van der Waals surface area contributed by atoms with Gasteiger partial charge in [-0.1, -0.05) is 24.6 Å². The van der Waals surface area contributed by atoms with Gasteiger partial charge in [0.1, 0.15) is 5.75 Å². The van der Waals surface area contributed by atoms with E-state index in [0.717, 1.165) is 35.8 Å². The molecule has 3 heteroatoms. The van der Waals surface area contributed by atoms with E-state index in [-0.39, 0.29) is 0 Å². The van der Waals surface area contributed by atoms with Gasteiger partial charge in [-0.05, 0) is 31.2 Å². The van der Waals surface area contributed by atoms with Crippen molar-refractivity contribution in [2.75, 3.05) is 13.2 Å². The van der Waals surface area contributed by atoms with Crippen molar-refractivity contribution in [3.05, 3.63) is 41.4 Å². The van der Waals surface area contributed by atoms with Crippen molar-refractivity contribution in [2.45, 2.75) is 19.9 Å². The predicted molar refractivity (Wildman–Crippen MR) is 69.1 cm³/mol. The summed E-state index contributed by atoms with van der Waals surface area (Å²) >= 11 is 5.96. The monoisotopic (exact) mass is 239 g/mol. The van der Waals surface area contributed by atoms with Crippen molar-refractivity contribution in [3.63, 3.8) is 0 Å². The first-order valence-corrected chi connectivity index (χ1v) is 5.88. The second kappa shape index (κ2) is 7.31. The normalized spacial score (nSPS) is 10.1. The molecule has 0 amide bonds. The summed E-state index contributed by atoms with van der Waals surface area (Å²) in [6, 6.07) is 5.70. The minimum absolute atomic E-state index is 0.657. The van der Waals surface area contributed by atoms with E-state index in [9.17, 15) is 0 Å². The third-order valence-corrected chi connectivity index (χ3v) is 2.40. The molecule has 1 N–H and O–H groups in total. The second-order valence-corrected chi connectivity index (χ2v) is 3.89. The van der Waals surface area contributed by atoms with E-state index < -0.39 is 0 Å². The van der Waals surface area contributed by atoms with Crippen LogP contribution in [0.25, 0.3) is 0 Å². The molecule has 0 unspecified atom stereocenters. The van der Waals surface area contributed by atoms with Gasteiger partial charge in [-0.3, -0.25) is 0 Å². The molecule has 1 aromatic carbocycles. The molecule has 0 aliphatic rings. The summed E-state index contributed by atoms with van der Waals surface area (Å²) in [7, 11) is 0. The van der Waals surface area contributed by atoms with E-state index in [1.54, 1.807) is 0 Å². The fourth-order valence-electron chi connectivity index (χ4n) is 1.34. The average molecular weight is 240 g/mol. The topological polar surface area (TPSA) is 21.3 Å². The van der Waals surface area contributed by atoms with Crippen LogP contribution < -0.4 is 10.1 Å². The lowest BCUT2D eigenvalue weighted by atomic mass is 10.2. The van der Waals surface area contributed by atoms with Gasteiger partial charge in [-0.15, -0.1) is 6.58 Å². The molecular formula is C13H18ClNO. The largest absolute Gasteiger partial charge is 0.493 e. The number of hydrogen-bond donors (Lipinski definition) is 1. The van der Waals surface area contributed by atoms with Gasteiger partial charge in [0, 0.05) is 17.1 Å². The Hall–Kier alpha value is -0.990. The second-order valence-electron chi connectivity index (χ2n) is 3.46. The maximum absolute atomic E-state index is 5.96. The van der Waals surface area contributed by atoms with Crippen LogP contribution in [0, 0.1) is 0 Å². The lowest BCUT2D eigenvalue weighted by molar-refractivity contribution is 0.321. The number of hydrogen-bond acceptors (Lipinski definition) is 2. The molecule has 2 nitrogen and oxygen atoms in total. The van der Waals surface area contributed by atoms with Crippen molar-refractivity contribution in [1.29, 1.82) is 0 Å². The van der Waals surface area contributed by atoms with Crippen LogP contribution in [0.1, 0.15) is 18.9 Å². The number of halogens is 1. The first kappa shape index (κ1) is 13.1. The fourth-order valence-corrected chi connectivity index (χ4v) is 1.53. The number of nitrogens with one attached hydrogen (secondary N) is 1. The van der Waals surface area contributed by atoms with E-state index in [4.69, 9.17) is 16.3 Å². The van der Waals surface area contributed by atoms with Gasteiger partial charge >= 0.3 is 0 Å². The third-order valence-electron chi connectivity index (χ3n) is 2.17. The highest BCUT2D eigenvalue weighted by Gasteiger charge is 2.03. The molecule has 0 heterocycles. The molecule has 1 rings (SSSR count). The van der Waals surface area contributed by atoms with Crippen LogP contribution in [-0.4, -0.2) is 13.2 Å². The number of rotatable bonds is 7. The van der Waals surface area contributed by atoms with Crippen molar-refractivity contribution in [2.24, 2.45) is 0 Å². The lowest BCUT2D eigenvalue weighted by Crippen LogP contribution is -2.13. The molecule has 0 bridgehead atoms. The molecule has 0 saturated heterocycles. The van der Waals surface area contributed by atoms with Crippen molar-refractivity contribution < 1.29 is 4.74 Å². The SMILES string of the molecule is C=CCCOc1ccc(Cl)cc1CNCC. The Morgan fingerprint density at radius 1 is 1.50 bits per heavy atom. The van der Waals surface area contributed by atoms with Gasteiger partial charge < -0.3 is 10.1 Å². The highest BCUT2D eigenvalue weighted by atomic mass is 35.5. The minimum Gasteiger partial charge on any atom is -0.493 e. The summed E-state index contributed by atoms with van der Waals surface area (Å²) in [5.74, 6) is 0.896. The van der Waals surface area contributed by atoms with E-state index in [2.05, 4.69) is 18.8 Å². The zero-order valence-electron chi connectivity index (χ0n) is 9.63. The Morgan fingerprint density at radius 3 is 3.00 bits per heavy atom. The molecular weight excluding hydrogens is 222 g/mol. The summed E-state index contributed by atoms with van der Waals surface area (Å²) < 4.78 is 5.66.